The molecule has 2 aromatic heterocycles. The molecule has 0 atom stereocenters. The highest BCUT2D eigenvalue weighted by atomic mass is 19.4. The molecule has 10 nitrogen and oxygen atoms in total. The highest BCUT2D eigenvalue weighted by molar-refractivity contribution is 6.05. The van der Waals surface area contributed by atoms with Gasteiger partial charge < -0.3 is 25.8 Å². The fourth-order valence-electron chi connectivity index (χ4n) is 4.42. The van der Waals surface area contributed by atoms with Crippen molar-refractivity contribution in [2.75, 3.05) is 62.1 Å². The van der Waals surface area contributed by atoms with Crippen LogP contribution in [0.3, 0.4) is 0 Å². The Bertz CT molecular complexity index is 1580. The van der Waals surface area contributed by atoms with E-state index in [4.69, 9.17) is 0 Å². The molecule has 0 unspecified atom stereocenters. The van der Waals surface area contributed by atoms with E-state index in [1.54, 1.807) is 41.9 Å². The predicted octanol–water partition coefficient (Wildman–Crippen LogP) is 5.72. The van der Waals surface area contributed by atoms with Crippen LogP contribution in [-0.2, 0) is 6.18 Å². The number of anilines is 5. The van der Waals surface area contributed by atoms with E-state index < -0.39 is 17.6 Å². The number of hydrogen-bond donors (Lipinski definition) is 3. The zero-order chi connectivity index (χ0) is 31.3. The summed E-state index contributed by atoms with van der Waals surface area (Å²) in [5, 5.41) is 13.6. The van der Waals surface area contributed by atoms with Crippen molar-refractivity contribution in [2.45, 2.75) is 26.4 Å². The van der Waals surface area contributed by atoms with E-state index in [2.05, 4.69) is 31.0 Å². The van der Waals surface area contributed by atoms with Crippen LogP contribution < -0.4 is 20.9 Å². The third-order valence-corrected chi connectivity index (χ3v) is 6.76. The second-order valence-corrected chi connectivity index (χ2v) is 10.5. The molecular weight excluding hydrogens is 559 g/mol. The van der Waals surface area contributed by atoms with Gasteiger partial charge in [-0.1, -0.05) is 6.07 Å². The number of rotatable bonds is 11. The van der Waals surface area contributed by atoms with Crippen LogP contribution in [0.2, 0.25) is 0 Å². The van der Waals surface area contributed by atoms with Crippen LogP contribution in [0.15, 0.2) is 54.9 Å². The van der Waals surface area contributed by atoms with Gasteiger partial charge in [-0.2, -0.15) is 23.0 Å². The van der Waals surface area contributed by atoms with Gasteiger partial charge in [-0.3, -0.25) is 4.79 Å². The SMILES string of the molecule is CNc1cc(-n2nc(C)cc2Nc2cc(NC(=O)c3cc(N(C)CCCN(C)C)cc(C(F)(F)F)c3)ccc2C)ncn1. The molecular formula is C30H36F3N9O. The Hall–Kier alpha value is -4.65. The van der Waals surface area contributed by atoms with Crippen LogP contribution in [0.1, 0.15) is 33.6 Å². The van der Waals surface area contributed by atoms with Gasteiger partial charge in [-0.25, -0.2) is 9.97 Å². The second-order valence-electron chi connectivity index (χ2n) is 10.5. The molecule has 0 aliphatic rings. The normalized spacial score (nSPS) is 11.5. The molecule has 0 saturated heterocycles. The lowest BCUT2D eigenvalue weighted by Gasteiger charge is -2.22. The summed E-state index contributed by atoms with van der Waals surface area (Å²) in [6.45, 7) is 5.08. The number of aryl methyl sites for hydroxylation is 2. The molecule has 1 amide bonds. The summed E-state index contributed by atoms with van der Waals surface area (Å²) in [6, 6.07) is 12.3. The van der Waals surface area contributed by atoms with Gasteiger partial charge in [0.25, 0.3) is 5.91 Å². The number of halogens is 3. The highest BCUT2D eigenvalue weighted by Gasteiger charge is 2.32. The van der Waals surface area contributed by atoms with Crippen molar-refractivity contribution >= 4 is 34.6 Å². The van der Waals surface area contributed by atoms with Crippen molar-refractivity contribution < 1.29 is 18.0 Å². The molecule has 2 aromatic carbocycles. The lowest BCUT2D eigenvalue weighted by molar-refractivity contribution is -0.137. The maximum Gasteiger partial charge on any atom is 0.416 e. The van der Waals surface area contributed by atoms with Crippen LogP contribution in [0.4, 0.5) is 41.9 Å². The molecule has 0 bridgehead atoms. The highest BCUT2D eigenvalue weighted by Crippen LogP contribution is 2.33. The summed E-state index contributed by atoms with van der Waals surface area (Å²) in [5.41, 5.74) is 2.07. The largest absolute Gasteiger partial charge is 0.416 e. The van der Waals surface area contributed by atoms with Gasteiger partial charge in [-0.15, -0.1) is 0 Å². The molecule has 13 heteroatoms. The minimum absolute atomic E-state index is 0.0860. The summed E-state index contributed by atoms with van der Waals surface area (Å²) in [5.74, 6) is 1.15. The number of amides is 1. The minimum Gasteiger partial charge on any atom is -0.375 e. The number of carbonyl (C=O) groups excluding carboxylic acids is 1. The number of nitrogens with zero attached hydrogens (tertiary/aromatic N) is 6. The molecule has 0 fully saturated rings. The summed E-state index contributed by atoms with van der Waals surface area (Å²) in [4.78, 5) is 25.5. The fourth-order valence-corrected chi connectivity index (χ4v) is 4.42. The Morgan fingerprint density at radius 1 is 0.977 bits per heavy atom. The molecule has 4 aromatic rings. The van der Waals surface area contributed by atoms with E-state index in [0.717, 1.165) is 36.4 Å². The Morgan fingerprint density at radius 2 is 1.74 bits per heavy atom. The average Bonchev–Trinajstić information content (AvgIpc) is 3.33. The number of alkyl halides is 3. The number of carbonyl (C=O) groups is 1. The van der Waals surface area contributed by atoms with E-state index in [1.165, 1.54) is 12.4 Å². The van der Waals surface area contributed by atoms with Gasteiger partial charge in [0.05, 0.1) is 11.3 Å². The van der Waals surface area contributed by atoms with E-state index in [0.29, 0.717) is 41.1 Å². The topological polar surface area (TPSA) is 103 Å². The fraction of sp³-hybridized carbons (Fsp3) is 0.333. The van der Waals surface area contributed by atoms with E-state index in [-0.39, 0.29) is 5.56 Å². The maximum absolute atomic E-state index is 13.8. The van der Waals surface area contributed by atoms with Crippen molar-refractivity contribution in [3.05, 3.63) is 77.2 Å². The summed E-state index contributed by atoms with van der Waals surface area (Å²) in [6.07, 6.45) is -2.41. The van der Waals surface area contributed by atoms with Gasteiger partial charge in [0.15, 0.2) is 5.82 Å². The monoisotopic (exact) mass is 595 g/mol. The zero-order valence-electron chi connectivity index (χ0n) is 25.0. The predicted molar refractivity (Wildman–Crippen MR) is 164 cm³/mol. The minimum atomic E-state index is -4.60. The number of aromatic nitrogens is 4. The molecule has 0 saturated carbocycles. The van der Waals surface area contributed by atoms with Gasteiger partial charge in [0.1, 0.15) is 18.0 Å². The first-order chi connectivity index (χ1) is 20.3. The number of nitrogens with one attached hydrogen (secondary N) is 3. The summed E-state index contributed by atoms with van der Waals surface area (Å²) < 4.78 is 43.0. The van der Waals surface area contributed by atoms with E-state index in [1.807, 2.05) is 45.0 Å². The van der Waals surface area contributed by atoms with Gasteiger partial charge in [0.2, 0.25) is 0 Å². The summed E-state index contributed by atoms with van der Waals surface area (Å²) in [7, 11) is 7.35. The first-order valence-electron chi connectivity index (χ1n) is 13.7. The number of benzene rings is 2. The average molecular weight is 596 g/mol. The zero-order valence-corrected chi connectivity index (χ0v) is 25.0. The molecule has 228 valence electrons. The third kappa shape index (κ3) is 8.01. The molecule has 43 heavy (non-hydrogen) atoms. The first kappa shape index (κ1) is 31.3. The van der Waals surface area contributed by atoms with Crippen LogP contribution in [0, 0.1) is 13.8 Å². The van der Waals surface area contributed by atoms with Crippen molar-refractivity contribution in [1.29, 1.82) is 0 Å². The number of hydrogen-bond acceptors (Lipinski definition) is 8. The quantitative estimate of drug-likeness (QED) is 0.202. The Balaban J connectivity index is 1.59. The van der Waals surface area contributed by atoms with Crippen molar-refractivity contribution in [3.63, 3.8) is 0 Å². The van der Waals surface area contributed by atoms with Crippen molar-refractivity contribution in [1.82, 2.24) is 24.6 Å². The smallest absolute Gasteiger partial charge is 0.375 e. The molecule has 0 aliphatic carbocycles. The van der Waals surface area contributed by atoms with Crippen LogP contribution in [0.5, 0.6) is 0 Å². The van der Waals surface area contributed by atoms with E-state index in [9.17, 15) is 18.0 Å². The Morgan fingerprint density at radius 3 is 2.44 bits per heavy atom. The van der Waals surface area contributed by atoms with Crippen molar-refractivity contribution in [3.8, 4) is 5.82 Å². The standard InChI is InChI=1S/C30H36F3N9O/c1-19-8-9-23(16-25(19)38-28-12-20(2)39-42(28)27-17-26(34-3)35-18-36-27)37-29(43)21-13-22(30(31,32)33)15-24(14-21)41(6)11-7-10-40(4)5/h8-9,12-18,38H,7,10-11H2,1-6H3,(H,37,43)(H,34,35,36). The van der Waals surface area contributed by atoms with Crippen molar-refractivity contribution in [2.24, 2.45) is 0 Å². The van der Waals surface area contributed by atoms with Gasteiger partial charge in [0, 0.05) is 55.4 Å². The first-order valence-corrected chi connectivity index (χ1v) is 13.7. The molecule has 0 spiro atoms. The summed E-state index contributed by atoms with van der Waals surface area (Å²) >= 11 is 0. The Kier molecular flexibility index (Phi) is 9.54. The molecule has 4 rings (SSSR count). The third-order valence-electron chi connectivity index (χ3n) is 6.76. The lowest BCUT2D eigenvalue weighted by Crippen LogP contribution is -2.24. The molecule has 0 radical (unpaired) electrons. The lowest BCUT2D eigenvalue weighted by atomic mass is 10.1. The molecule has 2 heterocycles. The Labute approximate surface area is 248 Å². The maximum atomic E-state index is 13.8. The van der Waals surface area contributed by atoms with Gasteiger partial charge in [-0.05, 0) is 76.8 Å². The molecule has 3 N–H and O–H groups in total. The van der Waals surface area contributed by atoms with E-state index >= 15 is 0 Å². The molecule has 0 aliphatic heterocycles. The van der Waals surface area contributed by atoms with Crippen LogP contribution in [0.25, 0.3) is 5.82 Å². The second kappa shape index (κ2) is 13.1. The van der Waals surface area contributed by atoms with Crippen LogP contribution >= 0.6 is 0 Å². The van der Waals surface area contributed by atoms with Gasteiger partial charge >= 0.3 is 6.18 Å². The van der Waals surface area contributed by atoms with Crippen LogP contribution in [-0.4, -0.2) is 71.8 Å².